The van der Waals surface area contributed by atoms with Crippen LogP contribution in [0.4, 0.5) is 0 Å². The summed E-state index contributed by atoms with van der Waals surface area (Å²) in [7, 11) is -1.52. The van der Waals surface area contributed by atoms with E-state index >= 15 is 0 Å². The molecule has 0 aromatic carbocycles. The molecule has 0 radical (unpaired) electrons. The summed E-state index contributed by atoms with van der Waals surface area (Å²) < 4.78 is 25.4. The molecule has 0 aromatic heterocycles. The fourth-order valence-electron chi connectivity index (χ4n) is 2.50. The Morgan fingerprint density at radius 1 is 1.25 bits per heavy atom. The van der Waals surface area contributed by atoms with Gasteiger partial charge in [0.1, 0.15) is 0 Å². The lowest BCUT2D eigenvalue weighted by molar-refractivity contribution is 0.292. The normalized spacial score (nSPS) is 14.8. The minimum atomic E-state index is -3.24. The van der Waals surface area contributed by atoms with E-state index in [9.17, 15) is 8.42 Å². The van der Waals surface area contributed by atoms with Gasteiger partial charge in [-0.3, -0.25) is 4.99 Å². The van der Waals surface area contributed by atoms with E-state index in [4.69, 9.17) is 0 Å². The maximum Gasteiger partial charge on any atom is 0.209 e. The average molecular weight is 364 g/mol. The molecule has 1 atom stereocenters. The number of rotatable bonds is 11. The van der Waals surface area contributed by atoms with Gasteiger partial charge in [-0.2, -0.15) is 0 Å². The quantitative estimate of drug-likeness (QED) is 0.376. The molecule has 3 N–H and O–H groups in total. The van der Waals surface area contributed by atoms with Crippen molar-refractivity contribution < 1.29 is 8.42 Å². The zero-order valence-electron chi connectivity index (χ0n) is 16.4. The standard InChI is InChI=1S/C16H37N5O2S/c1-8-21(9-2)12-10-11-14(3)19-15(17-6)18-13-16(4,5)20-24(7,22)23/h14,20H,8-13H2,1-7H3,(H2,17,18,19). The van der Waals surface area contributed by atoms with Crippen LogP contribution in [0, 0.1) is 0 Å². The number of guanidine groups is 1. The molecule has 0 aliphatic carbocycles. The van der Waals surface area contributed by atoms with Crippen LogP contribution in [0.3, 0.4) is 0 Å². The Bertz CT molecular complexity index is 473. The molecule has 1 unspecified atom stereocenters. The molecule has 0 rings (SSSR count). The Kier molecular flexibility index (Phi) is 10.5. The summed E-state index contributed by atoms with van der Waals surface area (Å²) in [5.74, 6) is 0.689. The number of aliphatic imine (C=N–C) groups is 1. The van der Waals surface area contributed by atoms with Gasteiger partial charge in [0.15, 0.2) is 5.96 Å². The number of sulfonamides is 1. The van der Waals surface area contributed by atoms with E-state index in [1.54, 1.807) is 7.05 Å². The van der Waals surface area contributed by atoms with Crippen LogP contribution in [0.1, 0.15) is 47.5 Å². The summed E-state index contributed by atoms with van der Waals surface area (Å²) in [5, 5.41) is 6.54. The average Bonchev–Trinajstić information content (AvgIpc) is 2.45. The van der Waals surface area contributed by atoms with Crippen LogP contribution in [0.2, 0.25) is 0 Å². The molecule has 0 heterocycles. The second kappa shape index (κ2) is 10.9. The van der Waals surface area contributed by atoms with Crippen LogP contribution < -0.4 is 15.4 Å². The van der Waals surface area contributed by atoms with Crippen molar-refractivity contribution in [3.8, 4) is 0 Å². The largest absolute Gasteiger partial charge is 0.355 e. The molecular weight excluding hydrogens is 326 g/mol. The second-order valence-electron chi connectivity index (χ2n) is 6.90. The molecule has 0 aromatic rings. The third-order valence-corrected chi connectivity index (χ3v) is 4.70. The maximum absolute atomic E-state index is 11.4. The zero-order chi connectivity index (χ0) is 18.8. The lowest BCUT2D eigenvalue weighted by atomic mass is 10.1. The summed E-state index contributed by atoms with van der Waals surface area (Å²) >= 11 is 0. The van der Waals surface area contributed by atoms with Crippen molar-refractivity contribution in [2.24, 2.45) is 4.99 Å². The molecule has 0 saturated carbocycles. The van der Waals surface area contributed by atoms with Crippen LogP contribution in [-0.4, -0.2) is 70.3 Å². The minimum absolute atomic E-state index is 0.303. The molecule has 24 heavy (non-hydrogen) atoms. The molecule has 0 fully saturated rings. The fraction of sp³-hybridized carbons (Fsp3) is 0.938. The molecule has 0 bridgehead atoms. The Labute approximate surface area is 148 Å². The van der Waals surface area contributed by atoms with Crippen LogP contribution in [-0.2, 0) is 10.0 Å². The molecule has 0 aliphatic rings. The van der Waals surface area contributed by atoms with Crippen LogP contribution in [0.25, 0.3) is 0 Å². The predicted octanol–water partition coefficient (Wildman–Crippen LogP) is 0.990. The molecule has 7 nitrogen and oxygen atoms in total. The number of hydrogen-bond donors (Lipinski definition) is 3. The SMILES string of the molecule is CCN(CC)CCCC(C)NC(=NC)NCC(C)(C)NS(C)(=O)=O. The lowest BCUT2D eigenvalue weighted by Crippen LogP contribution is -2.53. The molecule has 144 valence electrons. The van der Waals surface area contributed by atoms with Gasteiger partial charge in [0.25, 0.3) is 0 Å². The van der Waals surface area contributed by atoms with Gasteiger partial charge in [0, 0.05) is 25.2 Å². The molecular formula is C16H37N5O2S. The number of nitrogens with zero attached hydrogens (tertiary/aromatic N) is 2. The molecule has 8 heteroatoms. The van der Waals surface area contributed by atoms with Gasteiger partial charge in [-0.15, -0.1) is 0 Å². The van der Waals surface area contributed by atoms with E-state index < -0.39 is 15.6 Å². The first-order valence-corrected chi connectivity index (χ1v) is 10.6. The second-order valence-corrected chi connectivity index (χ2v) is 8.65. The minimum Gasteiger partial charge on any atom is -0.355 e. The summed E-state index contributed by atoms with van der Waals surface area (Å²) in [6.07, 6.45) is 3.36. The first kappa shape index (κ1) is 23.1. The Morgan fingerprint density at radius 2 is 1.83 bits per heavy atom. The topological polar surface area (TPSA) is 85.8 Å². The van der Waals surface area contributed by atoms with Gasteiger partial charge in [-0.05, 0) is 53.2 Å². The van der Waals surface area contributed by atoms with Gasteiger partial charge in [0.05, 0.1) is 6.26 Å². The first-order valence-electron chi connectivity index (χ1n) is 8.71. The first-order chi connectivity index (χ1) is 11.0. The zero-order valence-corrected chi connectivity index (χ0v) is 17.3. The van der Waals surface area contributed by atoms with Gasteiger partial charge in [-0.25, -0.2) is 13.1 Å². The van der Waals surface area contributed by atoms with Gasteiger partial charge in [0.2, 0.25) is 10.0 Å². The highest BCUT2D eigenvalue weighted by atomic mass is 32.2. The molecule has 0 aliphatic heterocycles. The fourth-order valence-corrected chi connectivity index (χ4v) is 3.58. The van der Waals surface area contributed by atoms with Crippen LogP contribution >= 0.6 is 0 Å². The van der Waals surface area contributed by atoms with Crippen molar-refractivity contribution in [2.45, 2.75) is 59.0 Å². The monoisotopic (exact) mass is 363 g/mol. The third-order valence-electron chi connectivity index (χ3n) is 3.77. The molecule has 0 saturated heterocycles. The van der Waals surface area contributed by atoms with Crippen molar-refractivity contribution in [3.63, 3.8) is 0 Å². The Balaban J connectivity index is 4.27. The Morgan fingerprint density at radius 3 is 2.29 bits per heavy atom. The van der Waals surface area contributed by atoms with E-state index in [0.717, 1.165) is 32.5 Å². The molecule has 0 amide bonds. The van der Waals surface area contributed by atoms with Gasteiger partial charge in [-0.1, -0.05) is 13.8 Å². The summed E-state index contributed by atoms with van der Waals surface area (Å²) in [4.78, 5) is 6.63. The molecule has 0 spiro atoms. The van der Waals surface area contributed by atoms with E-state index in [-0.39, 0.29) is 0 Å². The van der Waals surface area contributed by atoms with Crippen molar-refractivity contribution in [1.82, 2.24) is 20.3 Å². The number of hydrogen-bond acceptors (Lipinski definition) is 4. The van der Waals surface area contributed by atoms with Crippen molar-refractivity contribution in [1.29, 1.82) is 0 Å². The maximum atomic E-state index is 11.4. The van der Waals surface area contributed by atoms with Crippen molar-refractivity contribution >= 4 is 16.0 Å². The van der Waals surface area contributed by atoms with Crippen LogP contribution in [0.5, 0.6) is 0 Å². The van der Waals surface area contributed by atoms with Gasteiger partial charge < -0.3 is 15.5 Å². The summed E-state index contributed by atoms with van der Waals surface area (Å²) in [6, 6.07) is 0.303. The number of nitrogens with one attached hydrogen (secondary N) is 3. The van der Waals surface area contributed by atoms with E-state index in [2.05, 4.69) is 46.0 Å². The summed E-state index contributed by atoms with van der Waals surface area (Å²) in [6.45, 7) is 13.9. The van der Waals surface area contributed by atoms with Crippen LogP contribution in [0.15, 0.2) is 4.99 Å². The lowest BCUT2D eigenvalue weighted by Gasteiger charge is -2.27. The van der Waals surface area contributed by atoms with E-state index in [1.807, 2.05) is 13.8 Å². The van der Waals surface area contributed by atoms with E-state index in [0.29, 0.717) is 18.5 Å². The predicted molar refractivity (Wildman–Crippen MR) is 103 cm³/mol. The smallest absolute Gasteiger partial charge is 0.209 e. The third kappa shape index (κ3) is 11.6. The van der Waals surface area contributed by atoms with Crippen molar-refractivity contribution in [3.05, 3.63) is 0 Å². The highest BCUT2D eigenvalue weighted by Gasteiger charge is 2.22. The van der Waals surface area contributed by atoms with E-state index in [1.165, 1.54) is 6.26 Å². The Hall–Kier alpha value is -0.860. The highest BCUT2D eigenvalue weighted by molar-refractivity contribution is 7.88. The highest BCUT2D eigenvalue weighted by Crippen LogP contribution is 2.03. The summed E-state index contributed by atoms with van der Waals surface area (Å²) in [5.41, 5.74) is -0.586. The van der Waals surface area contributed by atoms with Crippen molar-refractivity contribution in [2.75, 3.05) is 39.5 Å². The van der Waals surface area contributed by atoms with Gasteiger partial charge >= 0.3 is 0 Å².